The number of carboxylic acids is 1. The summed E-state index contributed by atoms with van der Waals surface area (Å²) in [5.74, 6) is 0.0365. The number of thiophene rings is 1. The van der Waals surface area contributed by atoms with Crippen molar-refractivity contribution in [3.05, 3.63) is 40.3 Å². The number of ether oxygens (including phenoxy) is 2. The summed E-state index contributed by atoms with van der Waals surface area (Å²) in [6.45, 7) is 1.44. The Morgan fingerprint density at radius 2 is 2.00 bits per heavy atom. The monoisotopic (exact) mass is 360 g/mol. The fourth-order valence-electron chi connectivity index (χ4n) is 2.56. The van der Waals surface area contributed by atoms with Crippen molar-refractivity contribution >= 4 is 27.5 Å². The van der Waals surface area contributed by atoms with Crippen LogP contribution in [-0.2, 0) is 4.79 Å². The Kier molecular flexibility index (Phi) is 4.45. The van der Waals surface area contributed by atoms with Crippen molar-refractivity contribution in [2.75, 3.05) is 14.2 Å². The maximum Gasteiger partial charge on any atom is 0.326 e. The lowest BCUT2D eigenvalue weighted by Gasteiger charge is -2.11. The van der Waals surface area contributed by atoms with E-state index in [-0.39, 0.29) is 5.56 Å². The Labute approximate surface area is 147 Å². The number of rotatable bonds is 5. The first kappa shape index (κ1) is 17.0. The molecule has 8 heteroatoms. The van der Waals surface area contributed by atoms with E-state index >= 15 is 0 Å². The highest BCUT2D eigenvalue weighted by atomic mass is 32.1. The van der Waals surface area contributed by atoms with E-state index in [1.165, 1.54) is 31.7 Å². The minimum atomic E-state index is -1.09. The average molecular weight is 360 g/mol. The molecule has 7 nitrogen and oxygen atoms in total. The number of fused-ring (bicyclic) bond motifs is 1. The van der Waals surface area contributed by atoms with E-state index in [2.05, 4.69) is 4.98 Å². The molecule has 2 aromatic heterocycles. The third-order valence-electron chi connectivity index (χ3n) is 3.99. The summed E-state index contributed by atoms with van der Waals surface area (Å²) in [6.07, 6.45) is 1.28. The van der Waals surface area contributed by atoms with Gasteiger partial charge in [0.25, 0.3) is 5.56 Å². The molecule has 0 saturated heterocycles. The number of hydrogen-bond donors (Lipinski definition) is 1. The summed E-state index contributed by atoms with van der Waals surface area (Å²) in [7, 11) is 3.09. The predicted octanol–water partition coefficient (Wildman–Crippen LogP) is 2.79. The fourth-order valence-corrected chi connectivity index (χ4v) is 3.46. The Balaban J connectivity index is 2.23. The van der Waals surface area contributed by atoms with E-state index in [1.807, 2.05) is 11.4 Å². The zero-order valence-electron chi connectivity index (χ0n) is 13.8. The van der Waals surface area contributed by atoms with Crippen molar-refractivity contribution in [1.29, 1.82) is 0 Å². The van der Waals surface area contributed by atoms with Crippen molar-refractivity contribution in [2.24, 2.45) is 0 Å². The van der Waals surface area contributed by atoms with E-state index in [1.54, 1.807) is 19.2 Å². The van der Waals surface area contributed by atoms with Gasteiger partial charge < -0.3 is 14.6 Å². The van der Waals surface area contributed by atoms with Gasteiger partial charge in [-0.1, -0.05) is 6.07 Å². The first-order valence-electron chi connectivity index (χ1n) is 7.41. The van der Waals surface area contributed by atoms with Gasteiger partial charge in [0.05, 0.1) is 25.9 Å². The van der Waals surface area contributed by atoms with Crippen molar-refractivity contribution < 1.29 is 19.4 Å². The van der Waals surface area contributed by atoms with Crippen LogP contribution in [0.2, 0.25) is 0 Å². The van der Waals surface area contributed by atoms with Gasteiger partial charge in [-0.2, -0.15) is 0 Å². The van der Waals surface area contributed by atoms with E-state index in [4.69, 9.17) is 9.47 Å². The lowest BCUT2D eigenvalue weighted by Crippen LogP contribution is -2.28. The van der Waals surface area contributed by atoms with Crippen LogP contribution in [0.15, 0.2) is 34.7 Å². The quantitative estimate of drug-likeness (QED) is 0.752. The molecule has 0 aliphatic rings. The standard InChI is InChI=1S/C17H16N2O5S/c1-9(17(21)22)19-8-18-15-14(16(19)20)11(7-25-15)10-4-5-12(23-2)13(6-10)24-3/h4-9H,1-3H3,(H,21,22)/t9-/m1/s1. The average Bonchev–Trinajstić information content (AvgIpc) is 3.05. The molecule has 25 heavy (non-hydrogen) atoms. The van der Waals surface area contributed by atoms with Gasteiger partial charge in [0.2, 0.25) is 0 Å². The molecule has 0 radical (unpaired) electrons. The first-order chi connectivity index (χ1) is 12.0. The van der Waals surface area contributed by atoms with Crippen LogP contribution < -0.4 is 15.0 Å². The highest BCUT2D eigenvalue weighted by molar-refractivity contribution is 7.17. The molecule has 1 N–H and O–H groups in total. The number of aliphatic carboxylic acids is 1. The molecule has 1 atom stereocenters. The van der Waals surface area contributed by atoms with Crippen LogP contribution in [0.1, 0.15) is 13.0 Å². The second-order valence-electron chi connectivity index (χ2n) is 5.37. The molecule has 1 aromatic carbocycles. The number of hydrogen-bond acceptors (Lipinski definition) is 6. The van der Waals surface area contributed by atoms with E-state index in [0.29, 0.717) is 27.3 Å². The number of carboxylic acid groups (broad SMARTS) is 1. The zero-order chi connectivity index (χ0) is 18.1. The molecule has 0 spiro atoms. The van der Waals surface area contributed by atoms with E-state index in [0.717, 1.165) is 10.1 Å². The molecule has 3 aromatic rings. The number of methoxy groups -OCH3 is 2. The molecule has 0 amide bonds. The minimum Gasteiger partial charge on any atom is -0.493 e. The highest BCUT2D eigenvalue weighted by Gasteiger charge is 2.20. The van der Waals surface area contributed by atoms with Gasteiger partial charge in [0, 0.05) is 10.9 Å². The third-order valence-corrected chi connectivity index (χ3v) is 4.87. The van der Waals surface area contributed by atoms with Gasteiger partial charge in [0.15, 0.2) is 11.5 Å². The summed E-state index contributed by atoms with van der Waals surface area (Å²) in [4.78, 5) is 28.8. The van der Waals surface area contributed by atoms with Crippen LogP contribution in [-0.4, -0.2) is 34.8 Å². The number of carbonyl (C=O) groups is 1. The van der Waals surface area contributed by atoms with Gasteiger partial charge in [-0.3, -0.25) is 9.36 Å². The van der Waals surface area contributed by atoms with Crippen LogP contribution in [0.3, 0.4) is 0 Å². The molecule has 0 bridgehead atoms. The largest absolute Gasteiger partial charge is 0.493 e. The Bertz CT molecular complexity index is 1010. The van der Waals surface area contributed by atoms with Crippen LogP contribution >= 0.6 is 11.3 Å². The predicted molar refractivity (Wildman–Crippen MR) is 94.8 cm³/mol. The molecule has 2 heterocycles. The molecule has 0 saturated carbocycles. The first-order valence-corrected chi connectivity index (χ1v) is 8.29. The summed E-state index contributed by atoms with van der Waals surface area (Å²) in [5, 5.41) is 11.4. The number of aromatic nitrogens is 2. The molecular weight excluding hydrogens is 344 g/mol. The number of benzene rings is 1. The summed E-state index contributed by atoms with van der Waals surface area (Å²) < 4.78 is 11.7. The number of nitrogens with zero attached hydrogens (tertiary/aromatic N) is 2. The van der Waals surface area contributed by atoms with Crippen LogP contribution in [0.5, 0.6) is 11.5 Å². The van der Waals surface area contributed by atoms with Crippen molar-refractivity contribution in [3.8, 4) is 22.6 Å². The van der Waals surface area contributed by atoms with Gasteiger partial charge in [0.1, 0.15) is 10.9 Å². The second kappa shape index (κ2) is 6.56. The Hall–Kier alpha value is -2.87. The van der Waals surface area contributed by atoms with Crippen LogP contribution in [0.25, 0.3) is 21.3 Å². The van der Waals surface area contributed by atoms with Gasteiger partial charge in [-0.25, -0.2) is 9.78 Å². The molecule has 0 aliphatic heterocycles. The minimum absolute atomic E-state index is 0.383. The molecule has 0 unspecified atom stereocenters. The maximum atomic E-state index is 12.8. The Morgan fingerprint density at radius 1 is 1.28 bits per heavy atom. The summed E-state index contributed by atoms with van der Waals surface area (Å²) in [6, 6.07) is 4.35. The zero-order valence-corrected chi connectivity index (χ0v) is 14.7. The Morgan fingerprint density at radius 3 is 2.64 bits per heavy atom. The lowest BCUT2D eigenvalue weighted by molar-refractivity contribution is -0.140. The van der Waals surface area contributed by atoms with Crippen molar-refractivity contribution in [2.45, 2.75) is 13.0 Å². The topological polar surface area (TPSA) is 90.7 Å². The smallest absolute Gasteiger partial charge is 0.326 e. The van der Waals surface area contributed by atoms with Crippen molar-refractivity contribution in [3.63, 3.8) is 0 Å². The van der Waals surface area contributed by atoms with Crippen LogP contribution in [0, 0.1) is 0 Å². The van der Waals surface area contributed by atoms with Crippen molar-refractivity contribution in [1.82, 2.24) is 9.55 Å². The molecule has 0 fully saturated rings. The summed E-state index contributed by atoms with van der Waals surface area (Å²) in [5.41, 5.74) is 1.07. The van der Waals surface area contributed by atoms with E-state index in [9.17, 15) is 14.7 Å². The lowest BCUT2D eigenvalue weighted by atomic mass is 10.1. The SMILES string of the molecule is COc1ccc(-c2csc3ncn([C@H](C)C(=O)O)c(=O)c23)cc1OC. The molecular formula is C17H16N2O5S. The maximum absolute atomic E-state index is 12.8. The van der Waals surface area contributed by atoms with Crippen LogP contribution in [0.4, 0.5) is 0 Å². The van der Waals surface area contributed by atoms with Gasteiger partial charge in [-0.05, 0) is 24.6 Å². The highest BCUT2D eigenvalue weighted by Crippen LogP contribution is 2.36. The molecule has 130 valence electrons. The van der Waals surface area contributed by atoms with E-state index < -0.39 is 12.0 Å². The molecule has 3 rings (SSSR count). The van der Waals surface area contributed by atoms with Gasteiger partial charge in [-0.15, -0.1) is 11.3 Å². The normalized spacial score (nSPS) is 12.1. The fraction of sp³-hybridized carbons (Fsp3) is 0.235. The summed E-state index contributed by atoms with van der Waals surface area (Å²) >= 11 is 1.33. The third kappa shape index (κ3) is 2.85. The molecule has 0 aliphatic carbocycles. The second-order valence-corrected chi connectivity index (χ2v) is 6.23. The van der Waals surface area contributed by atoms with Gasteiger partial charge >= 0.3 is 5.97 Å².